The minimum absolute atomic E-state index is 0.119. The van der Waals surface area contributed by atoms with Crippen molar-refractivity contribution in [1.29, 1.82) is 5.26 Å². The quantitative estimate of drug-likeness (QED) is 0.699. The number of nitrogens with one attached hydrogen (secondary N) is 1. The molecule has 0 aromatic heterocycles. The Morgan fingerprint density at radius 2 is 1.71 bits per heavy atom. The van der Waals surface area contributed by atoms with Crippen LogP contribution in [0.2, 0.25) is 0 Å². The van der Waals surface area contributed by atoms with E-state index in [1.807, 2.05) is 18.2 Å². The third-order valence-electron chi connectivity index (χ3n) is 7.32. The number of nitrogens with zero attached hydrogens (tertiary/aromatic N) is 3. The average molecular weight is 457 g/mol. The van der Waals surface area contributed by atoms with Crippen LogP contribution in [0.15, 0.2) is 42.5 Å². The van der Waals surface area contributed by atoms with Gasteiger partial charge in [0.15, 0.2) is 0 Å². The van der Waals surface area contributed by atoms with Gasteiger partial charge in [0.2, 0.25) is 11.8 Å². The van der Waals surface area contributed by atoms with Gasteiger partial charge >= 0.3 is 0 Å². The predicted molar refractivity (Wildman–Crippen MR) is 125 cm³/mol. The molecule has 0 spiro atoms. The van der Waals surface area contributed by atoms with Crippen molar-refractivity contribution >= 4 is 17.7 Å². The molecule has 3 heterocycles. The van der Waals surface area contributed by atoms with E-state index in [2.05, 4.69) is 40.6 Å². The largest absolute Gasteiger partial charge is 0.322 e. The molecule has 3 amide bonds. The third kappa shape index (κ3) is 4.46. The molecule has 7 nitrogen and oxygen atoms in total. The van der Waals surface area contributed by atoms with Crippen molar-refractivity contribution in [3.05, 3.63) is 70.3 Å². The van der Waals surface area contributed by atoms with Crippen LogP contribution in [0.25, 0.3) is 0 Å². The number of amides is 3. The lowest BCUT2D eigenvalue weighted by molar-refractivity contribution is -0.136. The number of carbonyl (C=O) groups is 3. The Kier molecular flexibility index (Phi) is 6.16. The van der Waals surface area contributed by atoms with Gasteiger partial charge in [0.1, 0.15) is 6.04 Å². The first-order valence-corrected chi connectivity index (χ1v) is 12.0. The second-order valence-corrected chi connectivity index (χ2v) is 9.52. The minimum Gasteiger partial charge on any atom is -0.322 e. The van der Waals surface area contributed by atoms with Gasteiger partial charge in [-0.2, -0.15) is 5.26 Å². The van der Waals surface area contributed by atoms with Gasteiger partial charge in [-0.3, -0.25) is 24.6 Å². The van der Waals surface area contributed by atoms with Crippen molar-refractivity contribution in [1.82, 2.24) is 15.1 Å². The molecule has 1 atom stereocenters. The number of likely N-dealkylation sites (tertiary alicyclic amines) is 1. The lowest BCUT2D eigenvalue weighted by Gasteiger charge is -2.32. The number of hydrogen-bond acceptors (Lipinski definition) is 5. The maximum Gasteiger partial charge on any atom is 0.255 e. The molecule has 2 fully saturated rings. The lowest BCUT2D eigenvalue weighted by atomic mass is 9.87. The number of benzene rings is 2. The summed E-state index contributed by atoms with van der Waals surface area (Å²) >= 11 is 0. The van der Waals surface area contributed by atoms with Crippen LogP contribution >= 0.6 is 0 Å². The Hall–Kier alpha value is -3.50. The summed E-state index contributed by atoms with van der Waals surface area (Å²) in [6.45, 7) is 3.38. The van der Waals surface area contributed by atoms with Gasteiger partial charge in [0, 0.05) is 25.1 Å². The Morgan fingerprint density at radius 1 is 0.971 bits per heavy atom. The Labute approximate surface area is 199 Å². The smallest absolute Gasteiger partial charge is 0.255 e. The van der Waals surface area contributed by atoms with E-state index in [1.54, 1.807) is 4.90 Å². The number of piperidine rings is 2. The van der Waals surface area contributed by atoms with Crippen LogP contribution < -0.4 is 5.32 Å². The van der Waals surface area contributed by atoms with Gasteiger partial charge in [-0.15, -0.1) is 0 Å². The molecule has 3 aliphatic heterocycles. The number of carbonyl (C=O) groups excluding carboxylic acids is 3. The number of hydrogen-bond donors (Lipinski definition) is 1. The molecule has 0 radical (unpaired) electrons. The summed E-state index contributed by atoms with van der Waals surface area (Å²) in [5.74, 6) is -0.300. The Bertz CT molecular complexity index is 1160. The summed E-state index contributed by atoms with van der Waals surface area (Å²) in [7, 11) is 0. The fraction of sp³-hybridized carbons (Fsp3) is 0.407. The third-order valence-corrected chi connectivity index (χ3v) is 7.32. The summed E-state index contributed by atoms with van der Waals surface area (Å²) in [6.07, 6.45) is 3.23. The molecule has 0 aliphatic carbocycles. The maximum absolute atomic E-state index is 12.9. The molecule has 3 aliphatic rings. The van der Waals surface area contributed by atoms with Crippen molar-refractivity contribution in [2.45, 2.75) is 57.2 Å². The van der Waals surface area contributed by atoms with Gasteiger partial charge in [-0.25, -0.2) is 0 Å². The number of imide groups is 1. The molecule has 2 aromatic carbocycles. The van der Waals surface area contributed by atoms with Gasteiger partial charge in [0.05, 0.1) is 12.5 Å². The van der Waals surface area contributed by atoms with Crippen LogP contribution in [0.1, 0.15) is 64.2 Å². The Morgan fingerprint density at radius 3 is 2.41 bits per heavy atom. The lowest BCUT2D eigenvalue weighted by Crippen LogP contribution is -2.52. The first-order valence-electron chi connectivity index (χ1n) is 12.0. The molecular weight excluding hydrogens is 428 g/mol. The summed E-state index contributed by atoms with van der Waals surface area (Å²) < 4.78 is 0. The summed E-state index contributed by atoms with van der Waals surface area (Å²) in [4.78, 5) is 40.7. The molecule has 174 valence electrons. The highest BCUT2D eigenvalue weighted by Gasteiger charge is 2.39. The normalized spacial score (nSPS) is 21.3. The van der Waals surface area contributed by atoms with Gasteiger partial charge in [-0.05, 0) is 66.6 Å². The van der Waals surface area contributed by atoms with Crippen LogP contribution in [0.4, 0.5) is 0 Å². The van der Waals surface area contributed by atoms with Crippen molar-refractivity contribution in [3.8, 4) is 6.07 Å². The molecule has 1 N–H and O–H groups in total. The van der Waals surface area contributed by atoms with Crippen LogP contribution in [0.5, 0.6) is 0 Å². The van der Waals surface area contributed by atoms with Crippen LogP contribution in [-0.2, 0) is 29.1 Å². The van der Waals surface area contributed by atoms with Crippen molar-refractivity contribution in [2.24, 2.45) is 0 Å². The standard InChI is InChI=1S/C27H28N4O3/c28-12-9-18-1-3-19(4-2-18)16-30-13-10-20(11-14-30)21-5-6-23-22(15-21)17-31(27(23)34)24-7-8-25(32)29-26(24)33/h1-6,15,20,24H,7-11,13-14,16-17H2,(H,29,32,33). The number of rotatable bonds is 5. The molecule has 1 unspecified atom stereocenters. The first kappa shape index (κ1) is 22.3. The molecule has 5 rings (SSSR count). The summed E-state index contributed by atoms with van der Waals surface area (Å²) in [6, 6.07) is 16.0. The van der Waals surface area contributed by atoms with E-state index in [0.29, 0.717) is 30.9 Å². The predicted octanol–water partition coefficient (Wildman–Crippen LogP) is 2.89. The first-order chi connectivity index (χ1) is 16.5. The van der Waals surface area contributed by atoms with E-state index < -0.39 is 6.04 Å². The summed E-state index contributed by atoms with van der Waals surface area (Å²) in [5.41, 5.74) is 5.23. The molecule has 0 saturated carbocycles. The van der Waals surface area contributed by atoms with E-state index in [1.165, 1.54) is 11.1 Å². The summed E-state index contributed by atoms with van der Waals surface area (Å²) in [5, 5.41) is 11.2. The highest BCUT2D eigenvalue weighted by atomic mass is 16.2. The molecule has 2 saturated heterocycles. The minimum atomic E-state index is -0.571. The van der Waals surface area contributed by atoms with E-state index in [9.17, 15) is 14.4 Å². The highest BCUT2D eigenvalue weighted by Crippen LogP contribution is 2.34. The zero-order valence-corrected chi connectivity index (χ0v) is 19.1. The average Bonchev–Trinajstić information content (AvgIpc) is 3.16. The van der Waals surface area contributed by atoms with E-state index in [0.717, 1.165) is 43.6 Å². The van der Waals surface area contributed by atoms with Gasteiger partial charge < -0.3 is 4.90 Å². The van der Waals surface area contributed by atoms with Crippen molar-refractivity contribution in [3.63, 3.8) is 0 Å². The SMILES string of the molecule is N#CCc1ccc(CN2CCC(c3ccc4c(c3)CN(C3CCC(=O)NC3=O)C4=O)CC2)cc1. The van der Waals surface area contributed by atoms with Crippen molar-refractivity contribution in [2.75, 3.05) is 13.1 Å². The second-order valence-electron chi connectivity index (χ2n) is 9.52. The molecule has 7 heteroatoms. The number of fused-ring (bicyclic) bond motifs is 1. The van der Waals surface area contributed by atoms with Gasteiger partial charge in [0.25, 0.3) is 5.91 Å². The fourth-order valence-electron chi connectivity index (χ4n) is 5.38. The molecule has 2 aromatic rings. The van der Waals surface area contributed by atoms with Crippen molar-refractivity contribution < 1.29 is 14.4 Å². The van der Waals surface area contributed by atoms with E-state index >= 15 is 0 Å². The topological polar surface area (TPSA) is 93.5 Å². The van der Waals surface area contributed by atoms with Crippen LogP contribution in [-0.4, -0.2) is 46.7 Å². The second kappa shape index (κ2) is 9.40. The number of nitriles is 1. The van der Waals surface area contributed by atoms with Gasteiger partial charge in [-0.1, -0.05) is 36.4 Å². The molecule has 34 heavy (non-hydrogen) atoms. The monoisotopic (exact) mass is 456 g/mol. The molecular formula is C27H28N4O3. The van der Waals surface area contributed by atoms with Crippen LogP contribution in [0, 0.1) is 11.3 Å². The zero-order chi connectivity index (χ0) is 23.7. The maximum atomic E-state index is 12.9. The molecule has 0 bridgehead atoms. The van der Waals surface area contributed by atoms with E-state index in [4.69, 9.17) is 5.26 Å². The zero-order valence-electron chi connectivity index (χ0n) is 19.1. The highest BCUT2D eigenvalue weighted by molar-refractivity contribution is 6.05. The van der Waals surface area contributed by atoms with Crippen LogP contribution in [0.3, 0.4) is 0 Å². The van der Waals surface area contributed by atoms with E-state index in [-0.39, 0.29) is 24.1 Å². The Balaban J connectivity index is 1.19. The fourth-order valence-corrected chi connectivity index (χ4v) is 5.38.